The Morgan fingerprint density at radius 3 is 2.65 bits per heavy atom. The Hall–Kier alpha value is -2.25. The minimum absolute atomic E-state index is 0.0965. The SMILES string of the molecule is C[C@H](NCc1ccc(C#N)cc1F)c1cccc(F)c1. The second-order valence-corrected chi connectivity index (χ2v) is 4.58. The Morgan fingerprint density at radius 1 is 1.20 bits per heavy atom. The van der Waals surface area contributed by atoms with Crippen molar-refractivity contribution in [3.8, 4) is 6.07 Å². The van der Waals surface area contributed by atoms with Crippen molar-refractivity contribution in [2.24, 2.45) is 0 Å². The van der Waals surface area contributed by atoms with Crippen molar-refractivity contribution in [2.45, 2.75) is 19.5 Å². The van der Waals surface area contributed by atoms with Gasteiger partial charge in [-0.3, -0.25) is 0 Å². The topological polar surface area (TPSA) is 35.8 Å². The molecule has 0 aromatic heterocycles. The van der Waals surface area contributed by atoms with Crippen molar-refractivity contribution >= 4 is 0 Å². The molecule has 0 saturated carbocycles. The molecule has 4 heteroatoms. The number of nitriles is 1. The molecule has 0 amide bonds. The molecular formula is C16H14F2N2. The molecule has 20 heavy (non-hydrogen) atoms. The van der Waals surface area contributed by atoms with Gasteiger partial charge in [0, 0.05) is 18.2 Å². The minimum Gasteiger partial charge on any atom is -0.306 e. The first kappa shape index (κ1) is 14.2. The highest BCUT2D eigenvalue weighted by atomic mass is 19.1. The fraction of sp³-hybridized carbons (Fsp3) is 0.188. The molecule has 2 aromatic rings. The van der Waals surface area contributed by atoms with Crippen LogP contribution in [0.5, 0.6) is 0 Å². The maximum absolute atomic E-state index is 13.7. The van der Waals surface area contributed by atoms with Crippen LogP contribution in [0.15, 0.2) is 42.5 Å². The number of nitrogens with zero attached hydrogens (tertiary/aromatic N) is 1. The van der Waals surface area contributed by atoms with Gasteiger partial charge in [-0.2, -0.15) is 5.26 Å². The van der Waals surface area contributed by atoms with Crippen molar-refractivity contribution in [3.05, 3.63) is 70.8 Å². The van der Waals surface area contributed by atoms with E-state index >= 15 is 0 Å². The average Bonchev–Trinajstić information content (AvgIpc) is 2.45. The van der Waals surface area contributed by atoms with Crippen LogP contribution in [0, 0.1) is 23.0 Å². The molecule has 0 heterocycles. The quantitative estimate of drug-likeness (QED) is 0.921. The summed E-state index contributed by atoms with van der Waals surface area (Å²) in [4.78, 5) is 0. The summed E-state index contributed by atoms with van der Waals surface area (Å²) in [6.07, 6.45) is 0. The minimum atomic E-state index is -0.414. The number of hydrogen-bond donors (Lipinski definition) is 1. The van der Waals surface area contributed by atoms with E-state index in [4.69, 9.17) is 5.26 Å². The molecule has 1 N–H and O–H groups in total. The third-order valence-electron chi connectivity index (χ3n) is 3.13. The highest BCUT2D eigenvalue weighted by molar-refractivity contribution is 5.33. The zero-order valence-corrected chi connectivity index (χ0v) is 11.0. The van der Waals surface area contributed by atoms with E-state index in [0.717, 1.165) is 5.56 Å². The van der Waals surface area contributed by atoms with Gasteiger partial charge in [-0.25, -0.2) is 8.78 Å². The lowest BCUT2D eigenvalue weighted by Crippen LogP contribution is -2.19. The van der Waals surface area contributed by atoms with Crippen LogP contribution in [0.4, 0.5) is 8.78 Å². The summed E-state index contributed by atoms with van der Waals surface area (Å²) in [6, 6.07) is 12.5. The Morgan fingerprint density at radius 2 is 2.00 bits per heavy atom. The predicted molar refractivity (Wildman–Crippen MR) is 72.8 cm³/mol. The molecule has 2 nitrogen and oxygen atoms in total. The van der Waals surface area contributed by atoms with Gasteiger partial charge in [-0.1, -0.05) is 18.2 Å². The second-order valence-electron chi connectivity index (χ2n) is 4.58. The zero-order chi connectivity index (χ0) is 14.5. The molecule has 2 aromatic carbocycles. The molecule has 0 unspecified atom stereocenters. The van der Waals surface area contributed by atoms with E-state index < -0.39 is 5.82 Å². The van der Waals surface area contributed by atoms with Gasteiger partial charge in [0.05, 0.1) is 11.6 Å². The van der Waals surface area contributed by atoms with Crippen molar-refractivity contribution in [3.63, 3.8) is 0 Å². The normalized spacial score (nSPS) is 11.9. The third kappa shape index (κ3) is 3.40. The van der Waals surface area contributed by atoms with Crippen molar-refractivity contribution in [2.75, 3.05) is 0 Å². The number of nitrogens with one attached hydrogen (secondary N) is 1. The lowest BCUT2D eigenvalue weighted by atomic mass is 10.1. The van der Waals surface area contributed by atoms with Gasteiger partial charge in [0.15, 0.2) is 0 Å². The zero-order valence-electron chi connectivity index (χ0n) is 11.0. The molecule has 2 rings (SSSR count). The molecule has 0 radical (unpaired) electrons. The van der Waals surface area contributed by atoms with Crippen LogP contribution in [0.1, 0.15) is 29.7 Å². The first-order valence-electron chi connectivity index (χ1n) is 6.27. The van der Waals surface area contributed by atoms with Crippen molar-refractivity contribution < 1.29 is 8.78 Å². The van der Waals surface area contributed by atoms with E-state index in [9.17, 15) is 8.78 Å². The third-order valence-corrected chi connectivity index (χ3v) is 3.13. The van der Waals surface area contributed by atoms with Crippen LogP contribution in [-0.2, 0) is 6.54 Å². The molecule has 0 spiro atoms. The van der Waals surface area contributed by atoms with Gasteiger partial charge in [0.2, 0.25) is 0 Å². The summed E-state index contributed by atoms with van der Waals surface area (Å²) in [5, 5.41) is 11.8. The molecule has 102 valence electrons. The number of halogens is 2. The van der Waals surface area contributed by atoms with Crippen LogP contribution < -0.4 is 5.32 Å². The number of hydrogen-bond acceptors (Lipinski definition) is 2. The molecule has 0 fully saturated rings. The van der Waals surface area contributed by atoms with Gasteiger partial charge in [0.25, 0.3) is 0 Å². The monoisotopic (exact) mass is 272 g/mol. The van der Waals surface area contributed by atoms with E-state index in [1.165, 1.54) is 18.2 Å². The highest BCUT2D eigenvalue weighted by Crippen LogP contribution is 2.15. The Balaban J connectivity index is 2.04. The summed E-state index contributed by atoms with van der Waals surface area (Å²) in [5.74, 6) is -0.705. The Bertz CT molecular complexity index is 647. The molecule has 1 atom stereocenters. The van der Waals surface area contributed by atoms with Crippen LogP contribution in [-0.4, -0.2) is 0 Å². The van der Waals surface area contributed by atoms with Crippen molar-refractivity contribution in [1.82, 2.24) is 5.32 Å². The maximum Gasteiger partial charge on any atom is 0.129 e. The highest BCUT2D eigenvalue weighted by Gasteiger charge is 2.08. The van der Waals surface area contributed by atoms with Gasteiger partial charge < -0.3 is 5.32 Å². The molecule has 0 aliphatic heterocycles. The van der Waals surface area contributed by atoms with Gasteiger partial charge in [0.1, 0.15) is 11.6 Å². The fourth-order valence-electron chi connectivity index (χ4n) is 1.92. The summed E-state index contributed by atoms with van der Waals surface area (Å²) >= 11 is 0. The average molecular weight is 272 g/mol. The Kier molecular flexibility index (Phi) is 4.44. The summed E-state index contributed by atoms with van der Waals surface area (Å²) < 4.78 is 26.8. The van der Waals surface area contributed by atoms with Crippen molar-refractivity contribution in [1.29, 1.82) is 5.26 Å². The molecule has 0 aliphatic carbocycles. The summed E-state index contributed by atoms with van der Waals surface area (Å²) in [7, 11) is 0. The molecule has 0 saturated heterocycles. The predicted octanol–water partition coefficient (Wildman–Crippen LogP) is 3.69. The van der Waals surface area contributed by atoms with Crippen LogP contribution >= 0.6 is 0 Å². The van der Waals surface area contributed by atoms with Crippen LogP contribution in [0.2, 0.25) is 0 Å². The van der Waals surface area contributed by atoms with E-state index in [0.29, 0.717) is 17.7 Å². The smallest absolute Gasteiger partial charge is 0.129 e. The Labute approximate surface area is 116 Å². The van der Waals surface area contributed by atoms with E-state index in [2.05, 4.69) is 5.32 Å². The van der Waals surface area contributed by atoms with Crippen LogP contribution in [0.25, 0.3) is 0 Å². The summed E-state index contributed by atoms with van der Waals surface area (Å²) in [6.45, 7) is 2.20. The molecule has 0 aliphatic rings. The maximum atomic E-state index is 13.7. The van der Waals surface area contributed by atoms with Gasteiger partial charge in [-0.05, 0) is 36.8 Å². The number of benzene rings is 2. The summed E-state index contributed by atoms with van der Waals surface area (Å²) in [5.41, 5.74) is 1.58. The molecular weight excluding hydrogens is 258 g/mol. The largest absolute Gasteiger partial charge is 0.306 e. The van der Waals surface area contributed by atoms with E-state index in [1.54, 1.807) is 18.2 Å². The van der Waals surface area contributed by atoms with Crippen LogP contribution in [0.3, 0.4) is 0 Å². The first-order valence-corrected chi connectivity index (χ1v) is 6.27. The lowest BCUT2D eigenvalue weighted by molar-refractivity contribution is 0.540. The first-order chi connectivity index (χ1) is 9.60. The lowest BCUT2D eigenvalue weighted by Gasteiger charge is -2.14. The standard InChI is InChI=1S/C16H14F2N2/c1-11(13-3-2-4-15(17)8-13)20-10-14-6-5-12(9-19)7-16(14)18/h2-8,11,20H,10H2,1H3/t11-/m0/s1. The van der Waals surface area contributed by atoms with E-state index in [1.807, 2.05) is 19.1 Å². The van der Waals surface area contributed by atoms with Gasteiger partial charge in [-0.15, -0.1) is 0 Å². The van der Waals surface area contributed by atoms with E-state index in [-0.39, 0.29) is 11.9 Å². The number of rotatable bonds is 4. The second kappa shape index (κ2) is 6.27. The fourth-order valence-corrected chi connectivity index (χ4v) is 1.92. The van der Waals surface area contributed by atoms with Gasteiger partial charge >= 0.3 is 0 Å². The molecule has 0 bridgehead atoms.